The third kappa shape index (κ3) is 6.27. The predicted octanol–water partition coefficient (Wildman–Crippen LogP) is 5.88. The third-order valence-electron chi connectivity index (χ3n) is 4.19. The van der Waals surface area contributed by atoms with Crippen molar-refractivity contribution in [3.8, 4) is 0 Å². The van der Waals surface area contributed by atoms with Crippen molar-refractivity contribution in [3.05, 3.63) is 0 Å². The van der Waals surface area contributed by atoms with Gasteiger partial charge in [-0.25, -0.2) is 0 Å². The van der Waals surface area contributed by atoms with Crippen molar-refractivity contribution >= 4 is 24.0 Å². The summed E-state index contributed by atoms with van der Waals surface area (Å²) in [6, 6.07) is 0. The molecule has 0 aliphatic carbocycles. The Morgan fingerprint density at radius 2 is 1.36 bits per heavy atom. The molecule has 0 amide bonds. The fourth-order valence-corrected chi connectivity index (χ4v) is 12.0. The number of rotatable bonds is 13. The second-order valence-electron chi connectivity index (χ2n) is 8.27. The van der Waals surface area contributed by atoms with Crippen molar-refractivity contribution in [2.24, 2.45) is 0 Å². The molecule has 0 aromatic carbocycles. The van der Waals surface area contributed by atoms with Crippen LogP contribution in [-0.4, -0.2) is 47.3 Å². The molecule has 0 aromatic heterocycles. The lowest BCUT2D eigenvalue weighted by atomic mass is 10.2. The van der Waals surface area contributed by atoms with Gasteiger partial charge in [0.1, 0.15) is 4.78 Å². The van der Waals surface area contributed by atoms with Crippen LogP contribution in [0.25, 0.3) is 0 Å². The highest BCUT2D eigenvalue weighted by atomic mass is 31.2. The Kier molecular flexibility index (Phi) is 10.4. The Hall–Kier alpha value is 0.504. The summed E-state index contributed by atoms with van der Waals surface area (Å²) in [7, 11) is -7.48. The molecule has 8 heteroatoms. The Bertz CT molecular complexity index is 424. The lowest BCUT2D eigenvalue weighted by Gasteiger charge is -2.51. The zero-order valence-electron chi connectivity index (χ0n) is 18.1. The van der Waals surface area contributed by atoms with E-state index in [1.54, 1.807) is 0 Å². The van der Waals surface area contributed by atoms with E-state index in [1.807, 2.05) is 20.8 Å². The van der Waals surface area contributed by atoms with Gasteiger partial charge < -0.3 is 18.2 Å². The van der Waals surface area contributed by atoms with Crippen LogP contribution >= 0.6 is 7.60 Å². The fourth-order valence-electron chi connectivity index (χ4n) is 3.25. The summed E-state index contributed by atoms with van der Waals surface area (Å²) in [5.74, 6) is 0. The van der Waals surface area contributed by atoms with E-state index in [-0.39, 0.29) is 0 Å². The molecular weight excluding hydrogens is 371 g/mol. The van der Waals surface area contributed by atoms with Crippen molar-refractivity contribution in [3.63, 3.8) is 0 Å². The topological polar surface area (TPSA) is 54.0 Å². The SMILES string of the molecule is CCCC(C(OCC)O[Si](C)(C)C)([Si](C)(C)C)P(=O)(OCC)OCC. The highest BCUT2D eigenvalue weighted by Gasteiger charge is 2.64. The fraction of sp³-hybridized carbons (Fsp3) is 1.00. The molecule has 0 N–H and O–H groups in total. The summed E-state index contributed by atoms with van der Waals surface area (Å²) in [4.78, 5) is 0. The largest absolute Gasteiger partial charge is 0.392 e. The van der Waals surface area contributed by atoms with Gasteiger partial charge >= 0.3 is 7.60 Å². The molecule has 152 valence electrons. The zero-order valence-corrected chi connectivity index (χ0v) is 21.0. The van der Waals surface area contributed by atoms with E-state index in [0.29, 0.717) is 26.2 Å². The molecule has 0 fully saturated rings. The molecule has 0 rings (SSSR count). The van der Waals surface area contributed by atoms with Gasteiger partial charge in [-0.3, -0.25) is 4.57 Å². The average Bonchev–Trinajstić information content (AvgIpc) is 2.41. The second-order valence-corrected chi connectivity index (χ2v) is 20.9. The van der Waals surface area contributed by atoms with E-state index in [9.17, 15) is 4.57 Å². The quantitative estimate of drug-likeness (QED) is 0.215. The van der Waals surface area contributed by atoms with Gasteiger partial charge in [0.15, 0.2) is 14.6 Å². The maximum Gasteiger partial charge on any atom is 0.339 e. The van der Waals surface area contributed by atoms with E-state index in [0.717, 1.165) is 6.42 Å². The minimum Gasteiger partial charge on any atom is -0.392 e. The van der Waals surface area contributed by atoms with Gasteiger partial charge in [-0.1, -0.05) is 33.0 Å². The molecule has 2 atom stereocenters. The van der Waals surface area contributed by atoms with Crippen molar-refractivity contribution in [2.45, 2.75) is 90.9 Å². The minimum absolute atomic E-state index is 0.346. The molecule has 0 aliphatic rings. The monoisotopic (exact) mass is 412 g/mol. The molecule has 0 spiro atoms. The molecule has 0 aromatic rings. The van der Waals surface area contributed by atoms with E-state index in [1.165, 1.54) is 0 Å². The molecule has 0 bridgehead atoms. The predicted molar refractivity (Wildman–Crippen MR) is 112 cm³/mol. The molecule has 0 saturated heterocycles. The Balaban J connectivity index is 6.56. The first-order chi connectivity index (χ1) is 11.3. The molecule has 2 unspecified atom stereocenters. The summed E-state index contributed by atoms with van der Waals surface area (Å²) in [6.07, 6.45) is 1.00. The summed E-state index contributed by atoms with van der Waals surface area (Å²) in [5.41, 5.74) is 0. The van der Waals surface area contributed by atoms with Crippen LogP contribution in [0.1, 0.15) is 40.5 Å². The molecule has 0 aliphatic heterocycles. The lowest BCUT2D eigenvalue weighted by molar-refractivity contribution is -0.0993. The van der Waals surface area contributed by atoms with E-state index in [2.05, 4.69) is 46.2 Å². The first-order valence-electron chi connectivity index (χ1n) is 9.53. The highest BCUT2D eigenvalue weighted by molar-refractivity contribution is 7.59. The van der Waals surface area contributed by atoms with Crippen molar-refractivity contribution in [2.75, 3.05) is 19.8 Å². The zero-order chi connectivity index (χ0) is 19.9. The van der Waals surface area contributed by atoms with Crippen LogP contribution in [0.4, 0.5) is 0 Å². The van der Waals surface area contributed by atoms with Crippen LogP contribution in [0.2, 0.25) is 39.3 Å². The molecular formula is C17H41O5PSi2. The molecule has 25 heavy (non-hydrogen) atoms. The van der Waals surface area contributed by atoms with Crippen LogP contribution in [0.15, 0.2) is 0 Å². The molecule has 5 nitrogen and oxygen atoms in total. The normalized spacial score (nSPS) is 17.4. The van der Waals surface area contributed by atoms with Crippen LogP contribution in [-0.2, 0) is 22.8 Å². The summed E-state index contributed by atoms with van der Waals surface area (Å²) < 4.78 is 37.7. The third-order valence-corrected chi connectivity index (χ3v) is 13.6. The van der Waals surface area contributed by atoms with Gasteiger partial charge in [0.05, 0.1) is 21.3 Å². The van der Waals surface area contributed by atoms with Crippen molar-refractivity contribution < 1.29 is 22.8 Å². The van der Waals surface area contributed by atoms with Crippen LogP contribution in [0.5, 0.6) is 0 Å². The molecule has 0 radical (unpaired) electrons. The number of hydrogen-bond donors (Lipinski definition) is 0. The summed E-state index contributed by atoms with van der Waals surface area (Å²) in [6.45, 7) is 22.0. The summed E-state index contributed by atoms with van der Waals surface area (Å²) >= 11 is 0. The van der Waals surface area contributed by atoms with Gasteiger partial charge in [-0.15, -0.1) is 0 Å². The molecule has 0 heterocycles. The van der Waals surface area contributed by atoms with Crippen LogP contribution in [0, 0.1) is 0 Å². The Morgan fingerprint density at radius 3 is 1.64 bits per heavy atom. The standard InChI is InChI=1S/C17H41O5PSi2/c1-11-15-17(24(5,6)7,23(18,20-13-3)21-14-4)16(19-12-2)22-25(8,9)10/h16H,11-15H2,1-10H3. The smallest absolute Gasteiger partial charge is 0.339 e. The van der Waals surface area contributed by atoms with Crippen molar-refractivity contribution in [1.29, 1.82) is 0 Å². The summed E-state index contributed by atoms with van der Waals surface area (Å²) in [5, 5.41) is 0. The molecule has 0 saturated carbocycles. The van der Waals surface area contributed by atoms with Gasteiger partial charge in [0, 0.05) is 6.61 Å². The average molecular weight is 413 g/mol. The second kappa shape index (κ2) is 10.2. The van der Waals surface area contributed by atoms with E-state index in [4.69, 9.17) is 18.2 Å². The first kappa shape index (κ1) is 25.5. The van der Waals surface area contributed by atoms with Crippen molar-refractivity contribution in [1.82, 2.24) is 0 Å². The Morgan fingerprint density at radius 1 is 0.880 bits per heavy atom. The van der Waals surface area contributed by atoms with Gasteiger partial charge in [0.25, 0.3) is 0 Å². The number of ether oxygens (including phenoxy) is 1. The Labute approximate surface area is 157 Å². The number of hydrogen-bond acceptors (Lipinski definition) is 5. The van der Waals surface area contributed by atoms with Gasteiger partial charge in [0.2, 0.25) is 0 Å². The van der Waals surface area contributed by atoms with Crippen LogP contribution in [0.3, 0.4) is 0 Å². The maximum atomic E-state index is 14.1. The first-order valence-corrected chi connectivity index (χ1v) is 18.0. The maximum absolute atomic E-state index is 14.1. The van der Waals surface area contributed by atoms with Gasteiger partial charge in [-0.2, -0.15) is 0 Å². The highest BCUT2D eigenvalue weighted by Crippen LogP contribution is 2.67. The minimum atomic E-state index is -3.44. The van der Waals surface area contributed by atoms with E-state index >= 15 is 0 Å². The van der Waals surface area contributed by atoms with Gasteiger partial charge in [-0.05, 0) is 46.8 Å². The lowest BCUT2D eigenvalue weighted by Crippen LogP contribution is -2.63. The van der Waals surface area contributed by atoms with E-state index < -0.39 is 35.1 Å². The van der Waals surface area contributed by atoms with Crippen LogP contribution < -0.4 is 0 Å².